The maximum absolute atomic E-state index is 6.13. The Hall–Kier alpha value is -2.07. The van der Waals surface area contributed by atoms with E-state index in [1.807, 2.05) is 60.9 Å². The Bertz CT molecular complexity index is 764. The van der Waals surface area contributed by atoms with E-state index in [9.17, 15) is 0 Å². The van der Waals surface area contributed by atoms with Crippen molar-refractivity contribution < 1.29 is 17.1 Å². The molecule has 1 aromatic heterocycles. The Morgan fingerprint density at radius 1 is 0.840 bits per heavy atom. The minimum absolute atomic E-state index is 0. The van der Waals surface area contributed by atoms with E-state index >= 15 is 0 Å². The highest BCUT2D eigenvalue weighted by Crippen LogP contribution is 2.19. The molecule has 0 saturated heterocycles. The van der Waals surface area contributed by atoms with Gasteiger partial charge in [-0.05, 0) is 41.5 Å². The van der Waals surface area contributed by atoms with Crippen LogP contribution in [-0.2, 0) is 19.7 Å². The largest absolute Gasteiger partial charge is 1.00 e. The van der Waals surface area contributed by atoms with Gasteiger partial charge in [0.15, 0.2) is 0 Å². The molecular formula is C20H19Cl2N2O-. The normalized spacial score (nSPS) is 10.1. The third-order valence-corrected chi connectivity index (χ3v) is 4.05. The maximum Gasteiger partial charge on any atom is 0.119 e. The lowest BCUT2D eigenvalue weighted by Crippen LogP contribution is -3.00. The predicted molar refractivity (Wildman–Crippen MR) is 97.0 cm³/mol. The molecule has 25 heavy (non-hydrogen) atoms. The summed E-state index contributed by atoms with van der Waals surface area (Å²) in [5.74, 6) is 0.841. The quantitative estimate of drug-likeness (QED) is 0.683. The van der Waals surface area contributed by atoms with Crippen LogP contribution in [0.3, 0.4) is 0 Å². The van der Waals surface area contributed by atoms with Crippen LogP contribution in [0.2, 0.25) is 5.02 Å². The molecule has 0 radical (unpaired) electrons. The van der Waals surface area contributed by atoms with E-state index < -0.39 is 0 Å². The van der Waals surface area contributed by atoms with E-state index in [1.165, 1.54) is 11.1 Å². The number of halogens is 2. The van der Waals surface area contributed by atoms with Crippen LogP contribution < -0.4 is 22.5 Å². The van der Waals surface area contributed by atoms with Crippen LogP contribution >= 0.6 is 11.6 Å². The van der Waals surface area contributed by atoms with Gasteiger partial charge in [-0.25, -0.2) is 0 Å². The third kappa shape index (κ3) is 6.05. The summed E-state index contributed by atoms with van der Waals surface area (Å²) in [6, 6.07) is 19.9. The molecule has 0 saturated carbocycles. The summed E-state index contributed by atoms with van der Waals surface area (Å²) in [5.41, 5.74) is 3.43. The van der Waals surface area contributed by atoms with E-state index in [0.29, 0.717) is 6.61 Å². The first kappa shape index (κ1) is 19.3. The molecule has 3 rings (SSSR count). The second-order valence-electron chi connectivity index (χ2n) is 5.48. The molecule has 3 aromatic rings. The second kappa shape index (κ2) is 10.0. The van der Waals surface area contributed by atoms with Crippen LogP contribution in [0.25, 0.3) is 0 Å². The van der Waals surface area contributed by atoms with E-state index in [1.54, 1.807) is 0 Å². The topological polar surface area (TPSA) is 34.1 Å². The summed E-state index contributed by atoms with van der Waals surface area (Å²) >= 11 is 6.13. The maximum atomic E-state index is 6.13. The number of rotatable bonds is 7. The Morgan fingerprint density at radius 2 is 1.48 bits per heavy atom. The number of hydrogen-bond acceptors (Lipinski definition) is 3. The van der Waals surface area contributed by atoms with Gasteiger partial charge in [0, 0.05) is 36.1 Å². The molecule has 5 heteroatoms. The zero-order chi connectivity index (χ0) is 16.6. The highest BCUT2D eigenvalue weighted by atomic mass is 35.5. The van der Waals surface area contributed by atoms with Crippen LogP contribution in [0.5, 0.6) is 5.75 Å². The SMILES string of the molecule is Clc1ccccc1COc1ccc(CNCc2ccncc2)cc1.[Cl-]. The molecule has 130 valence electrons. The first-order valence-electron chi connectivity index (χ1n) is 7.86. The van der Waals surface area contributed by atoms with Crippen LogP contribution in [0.1, 0.15) is 16.7 Å². The lowest BCUT2D eigenvalue weighted by atomic mass is 10.2. The lowest BCUT2D eigenvalue weighted by Gasteiger charge is -2.09. The van der Waals surface area contributed by atoms with Gasteiger partial charge >= 0.3 is 0 Å². The molecular weight excluding hydrogens is 355 g/mol. The molecule has 0 unspecified atom stereocenters. The highest BCUT2D eigenvalue weighted by molar-refractivity contribution is 6.31. The fraction of sp³-hybridized carbons (Fsp3) is 0.150. The van der Waals surface area contributed by atoms with E-state index in [-0.39, 0.29) is 12.4 Å². The zero-order valence-corrected chi connectivity index (χ0v) is 15.2. The Labute approximate surface area is 159 Å². The molecule has 1 N–H and O–H groups in total. The zero-order valence-electron chi connectivity index (χ0n) is 13.7. The number of nitrogens with one attached hydrogen (secondary N) is 1. The van der Waals surface area contributed by atoms with E-state index in [4.69, 9.17) is 16.3 Å². The molecule has 0 aliphatic rings. The number of pyridine rings is 1. The molecule has 2 aromatic carbocycles. The Kier molecular flexibility index (Phi) is 7.74. The Morgan fingerprint density at radius 3 is 2.16 bits per heavy atom. The fourth-order valence-corrected chi connectivity index (χ4v) is 2.52. The first-order valence-corrected chi connectivity index (χ1v) is 8.24. The van der Waals surface area contributed by atoms with E-state index in [0.717, 1.165) is 29.4 Å². The molecule has 0 amide bonds. The van der Waals surface area contributed by atoms with Crippen LogP contribution in [0.15, 0.2) is 73.1 Å². The van der Waals surface area contributed by atoms with Gasteiger partial charge in [-0.3, -0.25) is 4.98 Å². The summed E-state index contributed by atoms with van der Waals surface area (Å²) in [6.45, 7) is 2.11. The van der Waals surface area contributed by atoms with Gasteiger partial charge in [-0.1, -0.05) is 41.9 Å². The van der Waals surface area contributed by atoms with Gasteiger partial charge < -0.3 is 22.5 Å². The molecule has 3 nitrogen and oxygen atoms in total. The van der Waals surface area contributed by atoms with Crippen molar-refractivity contribution in [2.24, 2.45) is 0 Å². The lowest BCUT2D eigenvalue weighted by molar-refractivity contribution is -0.00000518. The van der Waals surface area contributed by atoms with Crippen molar-refractivity contribution >= 4 is 11.6 Å². The smallest absolute Gasteiger partial charge is 0.119 e. The van der Waals surface area contributed by atoms with E-state index in [2.05, 4.69) is 22.4 Å². The summed E-state index contributed by atoms with van der Waals surface area (Å²) in [6.07, 6.45) is 3.62. The second-order valence-corrected chi connectivity index (χ2v) is 5.89. The summed E-state index contributed by atoms with van der Waals surface area (Å²) in [5, 5.41) is 4.15. The number of nitrogens with zero attached hydrogens (tertiary/aromatic N) is 1. The number of hydrogen-bond donors (Lipinski definition) is 1. The monoisotopic (exact) mass is 373 g/mol. The summed E-state index contributed by atoms with van der Waals surface area (Å²) in [4.78, 5) is 4.02. The van der Waals surface area contributed by atoms with Gasteiger partial charge in [-0.2, -0.15) is 0 Å². The average Bonchev–Trinajstić information content (AvgIpc) is 2.63. The van der Waals surface area contributed by atoms with Gasteiger partial charge in [0.1, 0.15) is 12.4 Å². The minimum atomic E-state index is 0. The van der Waals surface area contributed by atoms with Gasteiger partial charge in [-0.15, -0.1) is 0 Å². The molecule has 0 aliphatic heterocycles. The molecule has 0 fully saturated rings. The number of benzene rings is 2. The molecule has 1 heterocycles. The van der Waals surface area contributed by atoms with Crippen molar-refractivity contribution in [3.8, 4) is 5.75 Å². The standard InChI is InChI=1S/C20H19ClN2O.ClH/c21-20-4-2-1-3-18(20)15-24-19-7-5-16(6-8-19)13-23-14-17-9-11-22-12-10-17;/h1-12,23H,13-15H2;1H/p-1. The molecule has 0 spiro atoms. The molecule has 0 atom stereocenters. The van der Waals surface area contributed by atoms with Gasteiger partial charge in [0.2, 0.25) is 0 Å². The van der Waals surface area contributed by atoms with Crippen molar-refractivity contribution in [1.29, 1.82) is 0 Å². The third-order valence-electron chi connectivity index (χ3n) is 3.68. The van der Waals surface area contributed by atoms with Crippen LogP contribution in [0.4, 0.5) is 0 Å². The van der Waals surface area contributed by atoms with Crippen molar-refractivity contribution in [2.75, 3.05) is 0 Å². The van der Waals surface area contributed by atoms with Gasteiger partial charge in [0.05, 0.1) is 0 Å². The fourth-order valence-electron chi connectivity index (χ4n) is 2.33. The Balaban J connectivity index is 0.00000225. The number of ether oxygens (including phenoxy) is 1. The molecule has 0 bridgehead atoms. The van der Waals surface area contributed by atoms with Crippen molar-refractivity contribution in [2.45, 2.75) is 19.7 Å². The van der Waals surface area contributed by atoms with Gasteiger partial charge in [0.25, 0.3) is 0 Å². The first-order chi connectivity index (χ1) is 11.8. The predicted octanol–water partition coefficient (Wildman–Crippen LogP) is 1.61. The summed E-state index contributed by atoms with van der Waals surface area (Å²) in [7, 11) is 0. The molecule has 0 aliphatic carbocycles. The van der Waals surface area contributed by atoms with Crippen molar-refractivity contribution in [3.05, 3.63) is 94.8 Å². The summed E-state index contributed by atoms with van der Waals surface area (Å²) < 4.78 is 5.79. The number of aromatic nitrogens is 1. The average molecular weight is 374 g/mol. The van der Waals surface area contributed by atoms with Crippen molar-refractivity contribution in [3.63, 3.8) is 0 Å². The highest BCUT2D eigenvalue weighted by Gasteiger charge is 2.01. The minimum Gasteiger partial charge on any atom is -1.00 e. The van der Waals surface area contributed by atoms with Crippen molar-refractivity contribution in [1.82, 2.24) is 10.3 Å². The van der Waals surface area contributed by atoms with Crippen LogP contribution in [-0.4, -0.2) is 4.98 Å². The van der Waals surface area contributed by atoms with Crippen LogP contribution in [0, 0.1) is 0 Å².